The standard InChI is InChI=1S/C16H24ClN3O/c1-10(2)20-8-12(17)6-15(20)16(21)19-7-11-4-3-5-14(18)13(11)9-19/h6,8,10-11,13-14H,3-5,7,9,18H2,1-2H3. The average Bonchev–Trinajstić information content (AvgIpc) is 3.02. The van der Waals surface area contributed by atoms with E-state index in [4.69, 9.17) is 17.3 Å². The number of rotatable bonds is 2. The Morgan fingerprint density at radius 2 is 2.14 bits per heavy atom. The molecule has 0 bridgehead atoms. The van der Waals surface area contributed by atoms with Gasteiger partial charge in [-0.2, -0.15) is 0 Å². The lowest BCUT2D eigenvalue weighted by atomic mass is 9.78. The van der Waals surface area contributed by atoms with Gasteiger partial charge < -0.3 is 15.2 Å². The van der Waals surface area contributed by atoms with E-state index in [-0.39, 0.29) is 18.0 Å². The first-order chi connectivity index (χ1) is 9.97. The number of aromatic nitrogens is 1. The first-order valence-corrected chi connectivity index (χ1v) is 8.27. The van der Waals surface area contributed by atoms with Crippen LogP contribution in [0.5, 0.6) is 0 Å². The first-order valence-electron chi connectivity index (χ1n) is 7.89. The molecule has 21 heavy (non-hydrogen) atoms. The van der Waals surface area contributed by atoms with Gasteiger partial charge in [0.2, 0.25) is 0 Å². The van der Waals surface area contributed by atoms with E-state index in [9.17, 15) is 4.79 Å². The predicted molar refractivity (Wildman–Crippen MR) is 84.5 cm³/mol. The SMILES string of the molecule is CC(C)n1cc(Cl)cc1C(=O)N1CC2CCCC(N)C2C1. The van der Waals surface area contributed by atoms with Crippen molar-refractivity contribution < 1.29 is 4.79 Å². The highest BCUT2D eigenvalue weighted by Gasteiger charge is 2.41. The Morgan fingerprint density at radius 3 is 2.81 bits per heavy atom. The summed E-state index contributed by atoms with van der Waals surface area (Å²) >= 11 is 6.09. The summed E-state index contributed by atoms with van der Waals surface area (Å²) in [5.41, 5.74) is 6.94. The van der Waals surface area contributed by atoms with Crippen LogP contribution in [-0.4, -0.2) is 34.5 Å². The fraction of sp³-hybridized carbons (Fsp3) is 0.688. The van der Waals surface area contributed by atoms with Gasteiger partial charge in [0.15, 0.2) is 0 Å². The molecule has 1 aromatic rings. The third-order valence-electron chi connectivity index (χ3n) is 5.03. The van der Waals surface area contributed by atoms with Crippen molar-refractivity contribution in [2.75, 3.05) is 13.1 Å². The summed E-state index contributed by atoms with van der Waals surface area (Å²) in [5, 5.41) is 0.625. The Hall–Kier alpha value is -1.00. The molecule has 3 unspecified atom stereocenters. The van der Waals surface area contributed by atoms with E-state index in [1.807, 2.05) is 15.7 Å². The summed E-state index contributed by atoms with van der Waals surface area (Å²) in [7, 11) is 0. The van der Waals surface area contributed by atoms with Crippen molar-refractivity contribution in [1.29, 1.82) is 0 Å². The number of hydrogen-bond acceptors (Lipinski definition) is 2. The molecule has 4 nitrogen and oxygen atoms in total. The minimum Gasteiger partial charge on any atom is -0.339 e. The van der Waals surface area contributed by atoms with Crippen LogP contribution in [0.3, 0.4) is 0 Å². The molecule has 1 aliphatic carbocycles. The molecule has 2 fully saturated rings. The van der Waals surface area contributed by atoms with Crippen molar-refractivity contribution in [1.82, 2.24) is 9.47 Å². The molecular weight excluding hydrogens is 286 g/mol. The normalized spacial score (nSPS) is 29.0. The maximum Gasteiger partial charge on any atom is 0.270 e. The molecule has 1 aromatic heterocycles. The van der Waals surface area contributed by atoms with Gasteiger partial charge in [0.25, 0.3) is 5.91 Å². The lowest BCUT2D eigenvalue weighted by Gasteiger charge is -2.29. The smallest absolute Gasteiger partial charge is 0.270 e. The number of hydrogen-bond donors (Lipinski definition) is 1. The highest BCUT2D eigenvalue weighted by molar-refractivity contribution is 6.31. The topological polar surface area (TPSA) is 51.3 Å². The number of carbonyl (C=O) groups excluding carboxylic acids is 1. The van der Waals surface area contributed by atoms with Crippen LogP contribution in [0.2, 0.25) is 5.02 Å². The van der Waals surface area contributed by atoms with Gasteiger partial charge in [-0.1, -0.05) is 18.0 Å². The van der Waals surface area contributed by atoms with Crippen LogP contribution in [0.15, 0.2) is 12.3 Å². The number of likely N-dealkylation sites (tertiary alicyclic amines) is 1. The number of amides is 1. The maximum atomic E-state index is 12.8. The van der Waals surface area contributed by atoms with E-state index < -0.39 is 0 Å². The molecule has 2 aliphatic rings. The summed E-state index contributed by atoms with van der Waals surface area (Å²) in [6.45, 7) is 5.77. The summed E-state index contributed by atoms with van der Waals surface area (Å²) < 4.78 is 1.96. The van der Waals surface area contributed by atoms with E-state index in [0.29, 0.717) is 22.6 Å². The van der Waals surface area contributed by atoms with Gasteiger partial charge in [-0.15, -0.1) is 0 Å². The van der Waals surface area contributed by atoms with Crippen LogP contribution in [0.1, 0.15) is 49.6 Å². The van der Waals surface area contributed by atoms with Crippen molar-refractivity contribution in [3.8, 4) is 0 Å². The van der Waals surface area contributed by atoms with Crippen LogP contribution in [0, 0.1) is 11.8 Å². The van der Waals surface area contributed by atoms with Crippen LogP contribution in [0.4, 0.5) is 0 Å². The predicted octanol–water partition coefficient (Wildman–Crippen LogP) is 2.92. The van der Waals surface area contributed by atoms with E-state index in [0.717, 1.165) is 19.5 Å². The molecule has 3 atom stereocenters. The van der Waals surface area contributed by atoms with Gasteiger partial charge >= 0.3 is 0 Å². The second-order valence-corrected chi connectivity index (χ2v) is 7.21. The van der Waals surface area contributed by atoms with Crippen LogP contribution < -0.4 is 5.73 Å². The lowest BCUT2D eigenvalue weighted by Crippen LogP contribution is -2.38. The van der Waals surface area contributed by atoms with Gasteiger partial charge in [0.05, 0.1) is 5.02 Å². The third kappa shape index (κ3) is 2.71. The van der Waals surface area contributed by atoms with Gasteiger partial charge in [0.1, 0.15) is 5.69 Å². The molecular formula is C16H24ClN3O. The van der Waals surface area contributed by atoms with Gasteiger partial charge in [-0.25, -0.2) is 0 Å². The molecule has 0 aromatic carbocycles. The van der Waals surface area contributed by atoms with Crippen molar-refractivity contribution in [2.45, 2.75) is 45.2 Å². The van der Waals surface area contributed by atoms with Crippen molar-refractivity contribution in [2.24, 2.45) is 17.6 Å². The monoisotopic (exact) mass is 309 g/mol. The maximum absolute atomic E-state index is 12.8. The Labute approximate surface area is 131 Å². The second kappa shape index (κ2) is 5.65. The van der Waals surface area contributed by atoms with Crippen LogP contribution in [-0.2, 0) is 0 Å². The van der Waals surface area contributed by atoms with Gasteiger partial charge in [0, 0.05) is 31.4 Å². The van der Waals surface area contributed by atoms with Gasteiger partial charge in [-0.05, 0) is 44.6 Å². The quantitative estimate of drug-likeness (QED) is 0.913. The summed E-state index contributed by atoms with van der Waals surface area (Å²) in [4.78, 5) is 14.8. The third-order valence-corrected chi connectivity index (χ3v) is 5.24. The zero-order valence-corrected chi connectivity index (χ0v) is 13.5. The number of nitrogens with two attached hydrogens (primary N) is 1. The van der Waals surface area contributed by atoms with E-state index in [1.54, 1.807) is 6.07 Å². The van der Waals surface area contributed by atoms with E-state index in [1.165, 1.54) is 12.8 Å². The molecule has 1 saturated carbocycles. The fourth-order valence-corrected chi connectivity index (χ4v) is 4.10. The highest BCUT2D eigenvalue weighted by Crippen LogP contribution is 2.36. The molecule has 1 saturated heterocycles. The first kappa shape index (κ1) is 14.9. The van der Waals surface area contributed by atoms with Gasteiger partial charge in [-0.3, -0.25) is 4.79 Å². The van der Waals surface area contributed by atoms with Crippen LogP contribution >= 0.6 is 11.6 Å². The molecule has 1 aliphatic heterocycles. The molecule has 5 heteroatoms. The summed E-state index contributed by atoms with van der Waals surface area (Å²) in [5.74, 6) is 1.15. The molecule has 3 rings (SSSR count). The zero-order valence-electron chi connectivity index (χ0n) is 12.8. The summed E-state index contributed by atoms with van der Waals surface area (Å²) in [6.07, 6.45) is 5.33. The molecule has 2 heterocycles. The zero-order chi connectivity index (χ0) is 15.1. The number of fused-ring (bicyclic) bond motifs is 1. The van der Waals surface area contributed by atoms with Crippen molar-refractivity contribution in [3.63, 3.8) is 0 Å². The number of halogens is 1. The molecule has 0 radical (unpaired) electrons. The van der Waals surface area contributed by atoms with Crippen molar-refractivity contribution >= 4 is 17.5 Å². The largest absolute Gasteiger partial charge is 0.339 e. The fourth-order valence-electron chi connectivity index (χ4n) is 3.89. The number of carbonyl (C=O) groups is 1. The minimum atomic E-state index is 0.0946. The minimum absolute atomic E-state index is 0.0946. The highest BCUT2D eigenvalue weighted by atomic mass is 35.5. The molecule has 1 amide bonds. The molecule has 2 N–H and O–H groups in total. The Kier molecular flexibility index (Phi) is 4.02. The summed E-state index contributed by atoms with van der Waals surface area (Å²) in [6, 6.07) is 2.26. The van der Waals surface area contributed by atoms with E-state index in [2.05, 4.69) is 13.8 Å². The van der Waals surface area contributed by atoms with Crippen molar-refractivity contribution in [3.05, 3.63) is 23.0 Å². The number of nitrogens with zero attached hydrogens (tertiary/aromatic N) is 2. The Morgan fingerprint density at radius 1 is 1.38 bits per heavy atom. The average molecular weight is 310 g/mol. The lowest BCUT2D eigenvalue weighted by molar-refractivity contribution is 0.0771. The second-order valence-electron chi connectivity index (χ2n) is 6.77. The molecule has 0 spiro atoms. The van der Waals surface area contributed by atoms with Crippen LogP contribution in [0.25, 0.3) is 0 Å². The van der Waals surface area contributed by atoms with E-state index >= 15 is 0 Å². The Balaban J connectivity index is 1.80. The Bertz CT molecular complexity index is 540. The molecule has 116 valence electrons.